The van der Waals surface area contributed by atoms with Crippen LogP contribution in [0, 0.1) is 0 Å². The van der Waals surface area contributed by atoms with Gasteiger partial charge in [0.1, 0.15) is 11.0 Å². The first kappa shape index (κ1) is 10.2. The fourth-order valence-electron chi connectivity index (χ4n) is 2.61. The first-order valence-electron chi connectivity index (χ1n) is 6.10. The molecule has 2 aromatic carbocycles. The molecule has 94 valence electrons. The number of rotatable bonds is 0. The molecule has 6 heteroatoms. The number of benzene rings is 2. The van der Waals surface area contributed by atoms with Crippen LogP contribution in [0.5, 0.6) is 0 Å². The Kier molecular flexibility index (Phi) is 1.78. The highest BCUT2D eigenvalue weighted by Gasteiger charge is 2.14. The molecular formula is C14H6N4OS. The zero-order valence-electron chi connectivity index (χ0n) is 10.1. The lowest BCUT2D eigenvalue weighted by Crippen LogP contribution is -1.89. The normalized spacial score (nSPS) is 12.0. The fourth-order valence-corrected chi connectivity index (χ4v) is 3.54. The molecule has 0 bridgehead atoms. The maximum atomic E-state index is 4.72. The molecule has 20 heavy (non-hydrogen) atoms. The van der Waals surface area contributed by atoms with Crippen molar-refractivity contribution >= 4 is 54.5 Å². The molecule has 0 amide bonds. The van der Waals surface area contributed by atoms with E-state index in [0.717, 1.165) is 21.8 Å². The average molecular weight is 278 g/mol. The molecule has 0 aliphatic carbocycles. The van der Waals surface area contributed by atoms with Crippen LogP contribution in [-0.4, -0.2) is 20.3 Å². The number of thiophene rings is 1. The summed E-state index contributed by atoms with van der Waals surface area (Å²) >= 11 is 1.71. The van der Waals surface area contributed by atoms with Crippen molar-refractivity contribution in [2.45, 2.75) is 0 Å². The van der Waals surface area contributed by atoms with Gasteiger partial charge in [-0.05, 0) is 21.8 Å². The highest BCUT2D eigenvalue weighted by Crippen LogP contribution is 2.36. The van der Waals surface area contributed by atoms with E-state index >= 15 is 0 Å². The van der Waals surface area contributed by atoms with Gasteiger partial charge in [0.2, 0.25) is 11.3 Å². The molecule has 0 unspecified atom stereocenters. The molecule has 0 saturated carbocycles. The zero-order chi connectivity index (χ0) is 13.1. The first-order chi connectivity index (χ1) is 9.92. The van der Waals surface area contributed by atoms with Crippen LogP contribution in [-0.2, 0) is 0 Å². The van der Waals surface area contributed by atoms with Crippen molar-refractivity contribution in [3.05, 3.63) is 35.7 Å². The van der Waals surface area contributed by atoms with Gasteiger partial charge >= 0.3 is 0 Å². The van der Waals surface area contributed by atoms with Crippen molar-refractivity contribution in [3.63, 3.8) is 0 Å². The summed E-state index contributed by atoms with van der Waals surface area (Å²) in [5, 5.41) is 13.0. The lowest BCUT2D eigenvalue weighted by molar-refractivity contribution is 0.314. The second-order valence-electron chi connectivity index (χ2n) is 4.54. The Bertz CT molecular complexity index is 1110. The highest BCUT2D eigenvalue weighted by atomic mass is 32.1. The third-order valence-corrected chi connectivity index (χ3v) is 4.41. The average Bonchev–Trinajstić information content (AvgIpc) is 3.14. The standard InChI is InChI=1S/C14H6N4OS/c1-2-4-8-7(3-1)10-11(9-5-6-20-12(8)9)16-14-13(15-10)17-19-18-14/h1-6H. The Balaban J connectivity index is 2.21. The molecule has 5 aromatic rings. The molecule has 3 heterocycles. The van der Waals surface area contributed by atoms with Gasteiger partial charge in [0.25, 0.3) is 0 Å². The minimum Gasteiger partial charge on any atom is -0.240 e. The number of hydrogen-bond acceptors (Lipinski definition) is 6. The Morgan fingerprint density at radius 1 is 0.800 bits per heavy atom. The molecular weight excluding hydrogens is 272 g/mol. The van der Waals surface area contributed by atoms with Crippen LogP contribution in [0.25, 0.3) is 43.2 Å². The minimum atomic E-state index is 0.442. The second-order valence-corrected chi connectivity index (χ2v) is 5.46. The van der Waals surface area contributed by atoms with Gasteiger partial charge in [-0.3, -0.25) is 0 Å². The first-order valence-corrected chi connectivity index (χ1v) is 6.98. The summed E-state index contributed by atoms with van der Waals surface area (Å²) < 4.78 is 5.94. The minimum absolute atomic E-state index is 0.442. The summed E-state index contributed by atoms with van der Waals surface area (Å²) in [6, 6.07) is 10.3. The quantitative estimate of drug-likeness (QED) is 0.405. The Morgan fingerprint density at radius 3 is 2.30 bits per heavy atom. The van der Waals surface area contributed by atoms with E-state index in [0.29, 0.717) is 11.3 Å². The summed E-state index contributed by atoms with van der Waals surface area (Å²) in [6.07, 6.45) is 0. The van der Waals surface area contributed by atoms with Gasteiger partial charge in [0.05, 0.1) is 0 Å². The number of hydrogen-bond donors (Lipinski definition) is 0. The Labute approximate surface area is 115 Å². The molecule has 0 aliphatic rings. The van der Waals surface area contributed by atoms with Crippen LogP contribution in [0.4, 0.5) is 0 Å². The molecule has 5 rings (SSSR count). The molecule has 0 aliphatic heterocycles. The third kappa shape index (κ3) is 1.16. The van der Waals surface area contributed by atoms with E-state index in [9.17, 15) is 0 Å². The summed E-state index contributed by atoms with van der Waals surface area (Å²) in [6.45, 7) is 0. The van der Waals surface area contributed by atoms with E-state index in [1.807, 2.05) is 12.1 Å². The largest absolute Gasteiger partial charge is 0.243 e. The van der Waals surface area contributed by atoms with Crippen molar-refractivity contribution in [1.29, 1.82) is 0 Å². The topological polar surface area (TPSA) is 64.7 Å². The molecule has 0 saturated heterocycles. The SMILES string of the molecule is c1ccc2c(c1)c1nc3nonc3nc1c1ccsc21. The zero-order valence-corrected chi connectivity index (χ0v) is 10.9. The van der Waals surface area contributed by atoms with E-state index in [-0.39, 0.29) is 0 Å². The summed E-state index contributed by atoms with van der Waals surface area (Å²) in [5.74, 6) is 0. The van der Waals surface area contributed by atoms with Gasteiger partial charge in [-0.25, -0.2) is 14.6 Å². The Morgan fingerprint density at radius 2 is 1.50 bits per heavy atom. The van der Waals surface area contributed by atoms with Crippen LogP contribution in [0.3, 0.4) is 0 Å². The maximum absolute atomic E-state index is 4.72. The van der Waals surface area contributed by atoms with E-state index in [2.05, 4.69) is 43.9 Å². The highest BCUT2D eigenvalue weighted by molar-refractivity contribution is 7.18. The fraction of sp³-hybridized carbons (Fsp3) is 0. The van der Waals surface area contributed by atoms with Crippen LogP contribution in [0.15, 0.2) is 40.3 Å². The van der Waals surface area contributed by atoms with Crippen LogP contribution in [0.2, 0.25) is 0 Å². The van der Waals surface area contributed by atoms with Gasteiger partial charge in [-0.2, -0.15) is 0 Å². The summed E-state index contributed by atoms with van der Waals surface area (Å²) in [4.78, 5) is 9.14. The summed E-state index contributed by atoms with van der Waals surface area (Å²) in [7, 11) is 0. The third-order valence-electron chi connectivity index (χ3n) is 3.46. The van der Waals surface area contributed by atoms with Crippen molar-refractivity contribution in [2.75, 3.05) is 0 Å². The van der Waals surface area contributed by atoms with Crippen molar-refractivity contribution in [1.82, 2.24) is 20.3 Å². The molecule has 0 radical (unpaired) electrons. The van der Waals surface area contributed by atoms with Crippen molar-refractivity contribution in [3.8, 4) is 0 Å². The van der Waals surface area contributed by atoms with Gasteiger partial charge < -0.3 is 0 Å². The molecule has 0 spiro atoms. The lowest BCUT2D eigenvalue weighted by Gasteiger charge is -2.04. The van der Waals surface area contributed by atoms with Gasteiger partial charge in [0.15, 0.2) is 0 Å². The molecule has 5 nitrogen and oxygen atoms in total. The smallest absolute Gasteiger partial charge is 0.240 e. The summed E-state index contributed by atoms with van der Waals surface area (Å²) in [5.41, 5.74) is 2.58. The maximum Gasteiger partial charge on any atom is 0.243 e. The van der Waals surface area contributed by atoms with Gasteiger partial charge in [-0.1, -0.05) is 24.3 Å². The van der Waals surface area contributed by atoms with Crippen LogP contribution >= 0.6 is 11.3 Å². The van der Waals surface area contributed by atoms with E-state index in [1.165, 1.54) is 10.1 Å². The number of aromatic nitrogens is 4. The molecule has 0 atom stereocenters. The van der Waals surface area contributed by atoms with Crippen LogP contribution < -0.4 is 0 Å². The van der Waals surface area contributed by atoms with Crippen molar-refractivity contribution < 1.29 is 4.63 Å². The lowest BCUT2D eigenvalue weighted by atomic mass is 10.1. The molecule has 0 N–H and O–H groups in total. The molecule has 0 fully saturated rings. The van der Waals surface area contributed by atoms with Gasteiger partial charge in [0, 0.05) is 20.9 Å². The van der Waals surface area contributed by atoms with E-state index in [1.54, 1.807) is 11.3 Å². The van der Waals surface area contributed by atoms with Crippen LogP contribution in [0.1, 0.15) is 0 Å². The number of fused-ring (bicyclic) bond motifs is 7. The molecule has 3 aromatic heterocycles. The second kappa shape index (κ2) is 3.49. The predicted molar refractivity (Wildman–Crippen MR) is 77.8 cm³/mol. The van der Waals surface area contributed by atoms with E-state index < -0.39 is 0 Å². The number of nitrogens with zero attached hydrogens (tertiary/aromatic N) is 4. The van der Waals surface area contributed by atoms with Gasteiger partial charge in [-0.15, -0.1) is 11.3 Å². The predicted octanol–water partition coefficient (Wildman–Crippen LogP) is 3.53. The van der Waals surface area contributed by atoms with E-state index in [4.69, 9.17) is 4.63 Å². The van der Waals surface area contributed by atoms with Crippen molar-refractivity contribution in [2.24, 2.45) is 0 Å². The monoisotopic (exact) mass is 278 g/mol. The Hall–Kier alpha value is -2.60.